The molecule has 1 atom stereocenters. The van der Waals surface area contributed by atoms with Crippen LogP contribution in [0.2, 0.25) is 5.02 Å². The molecule has 6 heteroatoms. The van der Waals surface area contributed by atoms with Crippen molar-refractivity contribution in [3.05, 3.63) is 32.8 Å². The molecule has 0 aromatic heterocycles. The Morgan fingerprint density at radius 1 is 1.58 bits per heavy atom. The van der Waals surface area contributed by atoms with Gasteiger partial charge in [-0.05, 0) is 18.6 Å². The number of carbonyl (C=O) groups is 1. The van der Waals surface area contributed by atoms with Crippen LogP contribution >= 0.6 is 11.6 Å². The van der Waals surface area contributed by atoms with Crippen molar-refractivity contribution < 1.29 is 9.72 Å². The number of nitrogens with zero attached hydrogens (tertiary/aromatic N) is 2. The molecular formula is C13H11ClN2O3. The maximum absolute atomic E-state index is 11.9. The summed E-state index contributed by atoms with van der Waals surface area (Å²) in [6.07, 6.45) is 5.53. The Bertz CT molecular complexity index is 607. The Labute approximate surface area is 115 Å². The Kier molecular flexibility index (Phi) is 3.45. The van der Waals surface area contributed by atoms with E-state index in [-0.39, 0.29) is 34.6 Å². The van der Waals surface area contributed by atoms with E-state index in [1.54, 1.807) is 13.0 Å². The maximum Gasteiger partial charge on any atom is 0.294 e. The summed E-state index contributed by atoms with van der Waals surface area (Å²) in [5, 5.41) is 11.4. The number of hydrogen-bond donors (Lipinski definition) is 0. The fourth-order valence-corrected chi connectivity index (χ4v) is 2.51. The highest BCUT2D eigenvalue weighted by Crippen LogP contribution is 2.37. The molecule has 1 amide bonds. The number of anilines is 1. The number of hydrogen-bond acceptors (Lipinski definition) is 3. The summed E-state index contributed by atoms with van der Waals surface area (Å²) in [4.78, 5) is 23.9. The number of rotatable bonds is 2. The zero-order valence-electron chi connectivity index (χ0n) is 10.2. The molecule has 1 aliphatic rings. The molecule has 1 saturated heterocycles. The van der Waals surface area contributed by atoms with Gasteiger partial charge in [0.05, 0.1) is 4.92 Å². The summed E-state index contributed by atoms with van der Waals surface area (Å²) in [7, 11) is 0. The van der Waals surface area contributed by atoms with Crippen LogP contribution < -0.4 is 4.90 Å². The molecule has 98 valence electrons. The minimum Gasteiger partial charge on any atom is -0.305 e. The molecule has 0 spiro atoms. The molecule has 1 unspecified atom stereocenters. The molecule has 0 radical (unpaired) electrons. The average Bonchev–Trinajstić information content (AvgIpc) is 2.69. The summed E-state index contributed by atoms with van der Waals surface area (Å²) in [5.41, 5.74) is 0.707. The van der Waals surface area contributed by atoms with Gasteiger partial charge in [0.2, 0.25) is 5.91 Å². The van der Waals surface area contributed by atoms with Crippen LogP contribution in [-0.2, 0) is 4.79 Å². The Morgan fingerprint density at radius 3 is 2.79 bits per heavy atom. The number of halogens is 1. The zero-order chi connectivity index (χ0) is 14.2. The monoisotopic (exact) mass is 278 g/mol. The van der Waals surface area contributed by atoms with Crippen LogP contribution in [0, 0.1) is 35.3 Å². The SMILES string of the molecule is C#CC1CC(=O)N(c2c(C)cc(Cl)cc2[N+](=O)[O-])C1. The smallest absolute Gasteiger partial charge is 0.294 e. The Balaban J connectivity index is 2.54. The number of terminal acetylenes is 1. The van der Waals surface area contributed by atoms with E-state index in [1.807, 2.05) is 0 Å². The molecule has 1 aliphatic heterocycles. The first kappa shape index (κ1) is 13.4. The third-order valence-corrected chi connectivity index (χ3v) is 3.29. The Hall–Kier alpha value is -2.06. The second kappa shape index (κ2) is 4.90. The van der Waals surface area contributed by atoms with Crippen LogP contribution in [0.15, 0.2) is 12.1 Å². The van der Waals surface area contributed by atoms with E-state index in [1.165, 1.54) is 11.0 Å². The van der Waals surface area contributed by atoms with Gasteiger partial charge in [-0.2, -0.15) is 0 Å². The summed E-state index contributed by atoms with van der Waals surface area (Å²) in [6, 6.07) is 2.85. The second-order valence-corrected chi connectivity index (χ2v) is 4.86. The number of benzene rings is 1. The van der Waals surface area contributed by atoms with Gasteiger partial charge < -0.3 is 4.90 Å². The first-order chi connectivity index (χ1) is 8.93. The van der Waals surface area contributed by atoms with E-state index >= 15 is 0 Å². The largest absolute Gasteiger partial charge is 0.305 e. The van der Waals surface area contributed by atoms with Crippen molar-refractivity contribution >= 4 is 28.9 Å². The van der Waals surface area contributed by atoms with Gasteiger partial charge in [-0.1, -0.05) is 11.6 Å². The minimum absolute atomic E-state index is 0.170. The number of amides is 1. The van der Waals surface area contributed by atoms with Gasteiger partial charge in [0, 0.05) is 30.0 Å². The predicted molar refractivity (Wildman–Crippen MR) is 72.1 cm³/mol. The lowest BCUT2D eigenvalue weighted by Crippen LogP contribution is -2.26. The highest BCUT2D eigenvalue weighted by atomic mass is 35.5. The fraction of sp³-hybridized carbons (Fsp3) is 0.308. The van der Waals surface area contributed by atoms with Gasteiger partial charge in [0.25, 0.3) is 5.69 Å². The van der Waals surface area contributed by atoms with Crippen molar-refractivity contribution in [2.75, 3.05) is 11.4 Å². The maximum atomic E-state index is 11.9. The summed E-state index contributed by atoms with van der Waals surface area (Å²) in [6.45, 7) is 1.99. The third kappa shape index (κ3) is 2.40. The van der Waals surface area contributed by atoms with E-state index < -0.39 is 4.92 Å². The normalized spacial score (nSPS) is 18.5. The molecule has 1 heterocycles. The lowest BCUT2D eigenvalue weighted by molar-refractivity contribution is -0.384. The first-order valence-electron chi connectivity index (χ1n) is 5.65. The van der Waals surface area contributed by atoms with E-state index in [2.05, 4.69) is 5.92 Å². The molecular weight excluding hydrogens is 268 g/mol. The number of nitro groups is 1. The highest BCUT2D eigenvalue weighted by Gasteiger charge is 2.34. The fourth-order valence-electron chi connectivity index (χ4n) is 2.24. The quantitative estimate of drug-likeness (QED) is 0.474. The van der Waals surface area contributed by atoms with Gasteiger partial charge in [0.15, 0.2) is 0 Å². The first-order valence-corrected chi connectivity index (χ1v) is 6.03. The van der Waals surface area contributed by atoms with Crippen LogP contribution in [0.3, 0.4) is 0 Å². The van der Waals surface area contributed by atoms with E-state index in [0.29, 0.717) is 12.1 Å². The second-order valence-electron chi connectivity index (χ2n) is 4.42. The highest BCUT2D eigenvalue weighted by molar-refractivity contribution is 6.31. The van der Waals surface area contributed by atoms with Gasteiger partial charge >= 0.3 is 0 Å². The average molecular weight is 279 g/mol. The topological polar surface area (TPSA) is 63.5 Å². The van der Waals surface area contributed by atoms with Crippen molar-refractivity contribution in [2.45, 2.75) is 13.3 Å². The number of aryl methyl sites for hydroxylation is 1. The third-order valence-electron chi connectivity index (χ3n) is 3.07. The van der Waals surface area contributed by atoms with Crippen LogP contribution in [-0.4, -0.2) is 17.4 Å². The van der Waals surface area contributed by atoms with Crippen LogP contribution in [0.1, 0.15) is 12.0 Å². The van der Waals surface area contributed by atoms with E-state index in [0.717, 1.165) is 0 Å². The molecule has 0 saturated carbocycles. The van der Waals surface area contributed by atoms with Crippen molar-refractivity contribution in [3.63, 3.8) is 0 Å². The summed E-state index contributed by atoms with van der Waals surface area (Å²) >= 11 is 5.82. The molecule has 0 N–H and O–H groups in total. The molecule has 0 aliphatic carbocycles. The van der Waals surface area contributed by atoms with Crippen molar-refractivity contribution in [3.8, 4) is 12.3 Å². The molecule has 2 rings (SSSR count). The number of nitro benzene ring substituents is 1. The zero-order valence-corrected chi connectivity index (χ0v) is 11.0. The van der Waals surface area contributed by atoms with Gasteiger partial charge in [-0.15, -0.1) is 12.3 Å². The number of carbonyl (C=O) groups excluding carboxylic acids is 1. The molecule has 1 fully saturated rings. The van der Waals surface area contributed by atoms with Crippen molar-refractivity contribution in [1.82, 2.24) is 0 Å². The van der Waals surface area contributed by atoms with E-state index in [9.17, 15) is 14.9 Å². The molecule has 5 nitrogen and oxygen atoms in total. The van der Waals surface area contributed by atoms with Gasteiger partial charge in [0.1, 0.15) is 5.69 Å². The van der Waals surface area contributed by atoms with Crippen molar-refractivity contribution in [1.29, 1.82) is 0 Å². The van der Waals surface area contributed by atoms with Crippen LogP contribution in [0.25, 0.3) is 0 Å². The van der Waals surface area contributed by atoms with Gasteiger partial charge in [-0.3, -0.25) is 14.9 Å². The van der Waals surface area contributed by atoms with Crippen LogP contribution in [0.4, 0.5) is 11.4 Å². The molecule has 1 aromatic rings. The van der Waals surface area contributed by atoms with Crippen LogP contribution in [0.5, 0.6) is 0 Å². The van der Waals surface area contributed by atoms with Gasteiger partial charge in [-0.25, -0.2) is 0 Å². The standard InChI is InChI=1S/C13H11ClN2O3/c1-3-9-5-12(17)15(7-9)13-8(2)4-10(14)6-11(13)16(18)19/h1,4,6,9H,5,7H2,2H3. The Morgan fingerprint density at radius 2 is 2.26 bits per heavy atom. The summed E-state index contributed by atoms with van der Waals surface area (Å²) in [5.74, 6) is 2.11. The molecule has 19 heavy (non-hydrogen) atoms. The lowest BCUT2D eigenvalue weighted by Gasteiger charge is -2.18. The predicted octanol–water partition coefficient (Wildman–Crippen LogP) is 2.54. The van der Waals surface area contributed by atoms with E-state index in [4.69, 9.17) is 18.0 Å². The van der Waals surface area contributed by atoms with Crippen molar-refractivity contribution in [2.24, 2.45) is 5.92 Å². The lowest BCUT2D eigenvalue weighted by atomic mass is 10.1. The minimum atomic E-state index is -0.537. The molecule has 1 aromatic carbocycles. The summed E-state index contributed by atoms with van der Waals surface area (Å²) < 4.78 is 0. The molecule has 0 bridgehead atoms.